The second-order valence-corrected chi connectivity index (χ2v) is 6.84. The number of anilines is 1. The van der Waals surface area contributed by atoms with Crippen LogP contribution < -0.4 is 5.32 Å². The predicted molar refractivity (Wildman–Crippen MR) is 84.9 cm³/mol. The maximum Gasteiger partial charge on any atom is 0.228 e. The van der Waals surface area contributed by atoms with Crippen molar-refractivity contribution in [1.82, 2.24) is 9.78 Å². The smallest absolute Gasteiger partial charge is 0.228 e. The lowest BCUT2D eigenvalue weighted by molar-refractivity contribution is -0.117. The molecule has 1 aromatic heterocycles. The molecule has 4 nitrogen and oxygen atoms in total. The Hall–Kier alpha value is -1.46. The first-order valence-electron chi connectivity index (χ1n) is 6.97. The highest BCUT2D eigenvalue weighted by Gasteiger charge is 2.32. The van der Waals surface area contributed by atoms with Crippen molar-refractivity contribution in [1.29, 1.82) is 0 Å². The number of nitrogens with zero attached hydrogens (tertiary/aromatic N) is 2. The summed E-state index contributed by atoms with van der Waals surface area (Å²) in [4.78, 5) is 12.1. The third-order valence-corrected chi connectivity index (χ3v) is 5.00. The van der Waals surface area contributed by atoms with E-state index < -0.39 is 0 Å². The number of halogens is 1. The van der Waals surface area contributed by atoms with E-state index in [4.69, 9.17) is 11.6 Å². The van der Waals surface area contributed by atoms with Crippen LogP contribution in [-0.4, -0.2) is 15.7 Å². The molecule has 1 aliphatic heterocycles. The van der Waals surface area contributed by atoms with Gasteiger partial charge in [0.25, 0.3) is 0 Å². The number of hydrogen-bond donors (Lipinski definition) is 1. The number of thioether (sulfide) groups is 1. The summed E-state index contributed by atoms with van der Waals surface area (Å²) >= 11 is 7.90. The highest BCUT2D eigenvalue weighted by atomic mass is 35.5. The summed E-state index contributed by atoms with van der Waals surface area (Å²) in [6.45, 7) is 0. The van der Waals surface area contributed by atoms with Crippen LogP contribution in [0, 0.1) is 5.92 Å². The first kappa shape index (κ1) is 13.2. The highest BCUT2D eigenvalue weighted by molar-refractivity contribution is 7.98. The van der Waals surface area contributed by atoms with Crippen molar-refractivity contribution in [3.8, 4) is 5.69 Å². The quantitative estimate of drug-likeness (QED) is 0.940. The monoisotopic (exact) mass is 319 g/mol. The van der Waals surface area contributed by atoms with Crippen molar-refractivity contribution < 1.29 is 4.79 Å². The van der Waals surface area contributed by atoms with E-state index in [1.54, 1.807) is 0 Å². The topological polar surface area (TPSA) is 46.9 Å². The Morgan fingerprint density at radius 1 is 1.38 bits per heavy atom. The van der Waals surface area contributed by atoms with E-state index in [-0.39, 0.29) is 11.8 Å². The molecule has 108 valence electrons. The third-order valence-electron chi connectivity index (χ3n) is 3.79. The maximum absolute atomic E-state index is 12.1. The van der Waals surface area contributed by atoms with Crippen LogP contribution in [0.15, 0.2) is 24.3 Å². The van der Waals surface area contributed by atoms with Crippen LogP contribution >= 0.6 is 23.4 Å². The number of nitrogens with one attached hydrogen (secondary N) is 1. The number of amides is 1. The van der Waals surface area contributed by atoms with Crippen LogP contribution in [0.1, 0.15) is 24.1 Å². The number of fused-ring (bicyclic) bond motifs is 1. The standard InChI is InChI=1S/C15H14ClN3OS/c16-10-2-1-3-11(6-10)19-14(17-15(20)9-4-5-9)12-7-21-8-13(12)18-19/h1-3,6,9H,4-5,7-8H2,(H,17,20). The maximum atomic E-state index is 12.1. The summed E-state index contributed by atoms with van der Waals surface area (Å²) in [5, 5.41) is 8.40. The van der Waals surface area contributed by atoms with Crippen LogP contribution in [0.5, 0.6) is 0 Å². The second kappa shape index (κ2) is 5.07. The molecule has 0 bridgehead atoms. The molecule has 6 heteroatoms. The van der Waals surface area contributed by atoms with Crippen molar-refractivity contribution in [2.45, 2.75) is 24.3 Å². The Balaban J connectivity index is 1.77. The summed E-state index contributed by atoms with van der Waals surface area (Å²) in [6, 6.07) is 7.55. The van der Waals surface area contributed by atoms with Gasteiger partial charge < -0.3 is 5.32 Å². The molecule has 1 fully saturated rings. The van der Waals surface area contributed by atoms with Gasteiger partial charge in [-0.05, 0) is 31.0 Å². The fourth-order valence-corrected chi connectivity index (χ4v) is 3.72. The van der Waals surface area contributed by atoms with E-state index in [1.807, 2.05) is 40.7 Å². The van der Waals surface area contributed by atoms with Gasteiger partial charge in [0.15, 0.2) is 0 Å². The average molecular weight is 320 g/mol. The Morgan fingerprint density at radius 2 is 2.24 bits per heavy atom. The number of hydrogen-bond acceptors (Lipinski definition) is 3. The average Bonchev–Trinajstić information content (AvgIpc) is 3.13. The Bertz CT molecular complexity index is 724. The van der Waals surface area contributed by atoms with Gasteiger partial charge >= 0.3 is 0 Å². The van der Waals surface area contributed by atoms with Crippen LogP contribution in [0.4, 0.5) is 5.82 Å². The normalized spacial score (nSPS) is 16.8. The van der Waals surface area contributed by atoms with Crippen molar-refractivity contribution in [3.63, 3.8) is 0 Å². The molecule has 0 unspecified atom stereocenters. The van der Waals surface area contributed by atoms with E-state index in [0.717, 1.165) is 47.1 Å². The molecule has 1 aromatic carbocycles. The van der Waals surface area contributed by atoms with Crippen LogP contribution in [-0.2, 0) is 16.3 Å². The van der Waals surface area contributed by atoms with E-state index >= 15 is 0 Å². The lowest BCUT2D eigenvalue weighted by atomic mass is 10.2. The molecule has 2 aliphatic rings. The Labute approximate surface area is 131 Å². The van der Waals surface area contributed by atoms with Gasteiger partial charge in [0, 0.05) is 28.0 Å². The molecule has 2 heterocycles. The summed E-state index contributed by atoms with van der Waals surface area (Å²) in [7, 11) is 0. The van der Waals surface area contributed by atoms with Gasteiger partial charge in [0.1, 0.15) is 5.82 Å². The molecule has 2 aromatic rings. The molecular weight excluding hydrogens is 306 g/mol. The zero-order valence-corrected chi connectivity index (χ0v) is 12.9. The van der Waals surface area contributed by atoms with Crippen LogP contribution in [0.3, 0.4) is 0 Å². The summed E-state index contributed by atoms with van der Waals surface area (Å²) < 4.78 is 1.82. The van der Waals surface area contributed by atoms with Crippen molar-refractivity contribution in [3.05, 3.63) is 40.5 Å². The van der Waals surface area contributed by atoms with Crippen LogP contribution in [0.25, 0.3) is 5.69 Å². The van der Waals surface area contributed by atoms with Gasteiger partial charge in [0.2, 0.25) is 5.91 Å². The zero-order chi connectivity index (χ0) is 14.4. The minimum Gasteiger partial charge on any atom is -0.310 e. The molecule has 1 saturated carbocycles. The van der Waals surface area contributed by atoms with E-state index in [1.165, 1.54) is 0 Å². The third kappa shape index (κ3) is 2.45. The van der Waals surface area contributed by atoms with Gasteiger partial charge in [0.05, 0.1) is 11.4 Å². The molecule has 1 aliphatic carbocycles. The summed E-state index contributed by atoms with van der Waals surface area (Å²) in [6.07, 6.45) is 1.99. The van der Waals surface area contributed by atoms with Gasteiger partial charge in [-0.1, -0.05) is 17.7 Å². The minimum atomic E-state index is 0.109. The molecule has 0 atom stereocenters. The summed E-state index contributed by atoms with van der Waals surface area (Å²) in [5.41, 5.74) is 3.09. The molecule has 1 amide bonds. The molecule has 21 heavy (non-hydrogen) atoms. The number of rotatable bonds is 3. The number of benzene rings is 1. The SMILES string of the molecule is O=C(Nc1c2c(nn1-c1cccc(Cl)c1)CSC2)C1CC1. The molecular formula is C15H14ClN3OS. The summed E-state index contributed by atoms with van der Waals surface area (Å²) in [5.74, 6) is 2.90. The molecule has 0 radical (unpaired) electrons. The van der Waals surface area contributed by atoms with Gasteiger partial charge in [-0.25, -0.2) is 4.68 Å². The molecule has 1 N–H and O–H groups in total. The Morgan fingerprint density at radius 3 is 3.00 bits per heavy atom. The largest absolute Gasteiger partial charge is 0.310 e. The minimum absolute atomic E-state index is 0.109. The van der Waals surface area contributed by atoms with E-state index in [9.17, 15) is 4.79 Å². The lowest BCUT2D eigenvalue weighted by Gasteiger charge is -2.11. The first-order valence-corrected chi connectivity index (χ1v) is 8.51. The second-order valence-electron chi connectivity index (χ2n) is 5.42. The van der Waals surface area contributed by atoms with Crippen molar-refractivity contribution in [2.24, 2.45) is 5.92 Å². The van der Waals surface area contributed by atoms with Gasteiger partial charge in [-0.15, -0.1) is 0 Å². The van der Waals surface area contributed by atoms with Crippen LogP contribution in [0.2, 0.25) is 5.02 Å². The number of carbonyl (C=O) groups excluding carboxylic acids is 1. The lowest BCUT2D eigenvalue weighted by Crippen LogP contribution is -2.17. The first-order chi connectivity index (χ1) is 10.2. The number of carbonyl (C=O) groups is 1. The van der Waals surface area contributed by atoms with Gasteiger partial charge in [-0.2, -0.15) is 16.9 Å². The molecule has 0 spiro atoms. The molecule has 4 rings (SSSR count). The predicted octanol–water partition coefficient (Wildman–Crippen LogP) is 3.62. The van der Waals surface area contributed by atoms with E-state index in [0.29, 0.717) is 5.02 Å². The fraction of sp³-hybridized carbons (Fsp3) is 0.333. The van der Waals surface area contributed by atoms with Gasteiger partial charge in [-0.3, -0.25) is 4.79 Å². The number of aromatic nitrogens is 2. The fourth-order valence-electron chi connectivity index (χ4n) is 2.50. The van der Waals surface area contributed by atoms with Crippen molar-refractivity contribution >= 4 is 35.1 Å². The van der Waals surface area contributed by atoms with Crippen molar-refractivity contribution in [2.75, 3.05) is 5.32 Å². The Kier molecular flexibility index (Phi) is 3.19. The highest BCUT2D eigenvalue weighted by Crippen LogP contribution is 2.38. The zero-order valence-electron chi connectivity index (χ0n) is 11.3. The van der Waals surface area contributed by atoms with E-state index in [2.05, 4.69) is 10.4 Å². The molecule has 0 saturated heterocycles.